The van der Waals surface area contributed by atoms with Crippen LogP contribution >= 0.6 is 15.9 Å². The van der Waals surface area contributed by atoms with Crippen LogP contribution in [0.15, 0.2) is 46.9 Å². The van der Waals surface area contributed by atoms with Gasteiger partial charge in [0.2, 0.25) is 0 Å². The number of hydrazine groups is 1. The van der Waals surface area contributed by atoms with Gasteiger partial charge in [0, 0.05) is 10.5 Å². The minimum absolute atomic E-state index is 0.225. The van der Waals surface area contributed by atoms with E-state index in [1.807, 2.05) is 24.3 Å². The van der Waals surface area contributed by atoms with E-state index in [1.54, 1.807) is 0 Å². The summed E-state index contributed by atoms with van der Waals surface area (Å²) in [7, 11) is 0. The smallest absolute Gasteiger partial charge is 0.126 e. The van der Waals surface area contributed by atoms with Gasteiger partial charge in [0.05, 0.1) is 6.04 Å². The molecule has 2 nitrogen and oxygen atoms in total. The van der Waals surface area contributed by atoms with Gasteiger partial charge in [-0.05, 0) is 35.7 Å². The third kappa shape index (κ3) is 3.59. The van der Waals surface area contributed by atoms with Crippen LogP contribution < -0.4 is 11.3 Å². The molecule has 0 bridgehead atoms. The average molecular weight is 327 g/mol. The Labute approximate surface area is 118 Å². The minimum Gasteiger partial charge on any atom is -0.271 e. The topological polar surface area (TPSA) is 38.0 Å². The van der Waals surface area contributed by atoms with E-state index in [0.29, 0.717) is 12.0 Å². The van der Waals surface area contributed by atoms with Crippen molar-refractivity contribution in [2.45, 2.75) is 12.5 Å². The first-order chi connectivity index (χ1) is 9.10. The molecule has 0 aliphatic rings. The zero-order valence-electron chi connectivity index (χ0n) is 10.0. The summed E-state index contributed by atoms with van der Waals surface area (Å²) in [5.74, 6) is 4.37. The van der Waals surface area contributed by atoms with E-state index >= 15 is 0 Å². The number of nitrogens with one attached hydrogen (secondary N) is 1. The fourth-order valence-electron chi connectivity index (χ4n) is 1.98. The van der Waals surface area contributed by atoms with Crippen molar-refractivity contribution in [1.82, 2.24) is 5.43 Å². The monoisotopic (exact) mass is 326 g/mol. The molecule has 0 aliphatic carbocycles. The van der Waals surface area contributed by atoms with Gasteiger partial charge in [-0.25, -0.2) is 8.78 Å². The van der Waals surface area contributed by atoms with Crippen LogP contribution in [0.3, 0.4) is 0 Å². The maximum absolute atomic E-state index is 13.2. The lowest BCUT2D eigenvalue weighted by Crippen LogP contribution is -2.29. The van der Waals surface area contributed by atoms with Crippen molar-refractivity contribution in [3.63, 3.8) is 0 Å². The fraction of sp³-hybridized carbons (Fsp3) is 0.143. The third-order valence-electron chi connectivity index (χ3n) is 2.84. The second-order valence-corrected chi connectivity index (χ2v) is 5.08. The summed E-state index contributed by atoms with van der Waals surface area (Å²) in [6.45, 7) is 0. The van der Waals surface area contributed by atoms with Gasteiger partial charge in [0.25, 0.3) is 0 Å². The fourth-order valence-corrected chi connectivity index (χ4v) is 2.54. The Bertz CT molecular complexity index is 555. The first kappa shape index (κ1) is 14.1. The molecule has 3 N–H and O–H groups in total. The molecule has 0 aliphatic heterocycles. The van der Waals surface area contributed by atoms with Crippen LogP contribution in [0.4, 0.5) is 8.78 Å². The largest absolute Gasteiger partial charge is 0.271 e. The summed E-state index contributed by atoms with van der Waals surface area (Å²) in [4.78, 5) is 0. The summed E-state index contributed by atoms with van der Waals surface area (Å²) >= 11 is 3.44. The van der Waals surface area contributed by atoms with Crippen molar-refractivity contribution in [2.24, 2.45) is 5.84 Å². The highest BCUT2D eigenvalue weighted by molar-refractivity contribution is 9.10. The van der Waals surface area contributed by atoms with Crippen molar-refractivity contribution in [2.75, 3.05) is 0 Å². The maximum Gasteiger partial charge on any atom is 0.126 e. The van der Waals surface area contributed by atoms with Crippen LogP contribution in [0.1, 0.15) is 17.2 Å². The number of halogens is 3. The molecule has 0 heterocycles. The second kappa shape index (κ2) is 6.23. The summed E-state index contributed by atoms with van der Waals surface area (Å²) in [6.07, 6.45) is 0.397. The lowest BCUT2D eigenvalue weighted by atomic mass is 9.99. The minimum atomic E-state index is -0.585. The Morgan fingerprint density at radius 2 is 1.74 bits per heavy atom. The molecule has 19 heavy (non-hydrogen) atoms. The van der Waals surface area contributed by atoms with Gasteiger partial charge < -0.3 is 0 Å². The van der Waals surface area contributed by atoms with Gasteiger partial charge in [-0.1, -0.05) is 34.1 Å². The Morgan fingerprint density at radius 1 is 1.11 bits per heavy atom. The van der Waals surface area contributed by atoms with Crippen molar-refractivity contribution in [1.29, 1.82) is 0 Å². The zero-order chi connectivity index (χ0) is 13.8. The van der Waals surface area contributed by atoms with E-state index in [9.17, 15) is 8.78 Å². The van der Waals surface area contributed by atoms with E-state index in [-0.39, 0.29) is 6.04 Å². The van der Waals surface area contributed by atoms with Crippen molar-refractivity contribution in [3.8, 4) is 0 Å². The lowest BCUT2D eigenvalue weighted by Gasteiger charge is -2.18. The molecule has 1 unspecified atom stereocenters. The standard InChI is InChI=1S/C14H13BrF2N2/c15-13-4-2-1-3-12(13)14(19-18)7-9-5-10(16)8-11(17)6-9/h1-6,8,14,19H,7,18H2. The molecule has 2 aromatic rings. The molecule has 0 aromatic heterocycles. The number of hydrogen-bond acceptors (Lipinski definition) is 2. The molecule has 100 valence electrons. The molecular formula is C14H13BrF2N2. The molecule has 0 saturated heterocycles. The van der Waals surface area contributed by atoms with Crippen LogP contribution in [-0.2, 0) is 6.42 Å². The molecule has 0 amide bonds. The van der Waals surface area contributed by atoms with Crippen molar-refractivity contribution < 1.29 is 8.78 Å². The molecule has 2 rings (SSSR count). The maximum atomic E-state index is 13.2. The van der Waals surface area contributed by atoms with Gasteiger partial charge >= 0.3 is 0 Å². The molecule has 0 radical (unpaired) electrons. The Morgan fingerprint density at radius 3 is 2.32 bits per heavy atom. The van der Waals surface area contributed by atoms with Gasteiger partial charge in [-0.3, -0.25) is 11.3 Å². The quantitative estimate of drug-likeness (QED) is 0.667. The molecule has 5 heteroatoms. The highest BCUT2D eigenvalue weighted by atomic mass is 79.9. The van der Waals surface area contributed by atoms with Gasteiger partial charge in [-0.2, -0.15) is 0 Å². The molecule has 1 atom stereocenters. The Balaban J connectivity index is 2.26. The van der Waals surface area contributed by atoms with Gasteiger partial charge in [0.1, 0.15) is 11.6 Å². The van der Waals surface area contributed by atoms with Gasteiger partial charge in [-0.15, -0.1) is 0 Å². The van der Waals surface area contributed by atoms with Crippen LogP contribution in [-0.4, -0.2) is 0 Å². The van der Waals surface area contributed by atoms with Crippen LogP contribution in [0.5, 0.6) is 0 Å². The van der Waals surface area contributed by atoms with Crippen molar-refractivity contribution in [3.05, 3.63) is 69.7 Å². The van der Waals surface area contributed by atoms with Crippen molar-refractivity contribution >= 4 is 15.9 Å². The Kier molecular flexibility index (Phi) is 4.63. The first-order valence-electron chi connectivity index (χ1n) is 5.75. The van der Waals surface area contributed by atoms with E-state index < -0.39 is 11.6 Å². The summed E-state index contributed by atoms with van der Waals surface area (Å²) in [6, 6.07) is 10.8. The Hall–Kier alpha value is -1.30. The molecule has 0 saturated carbocycles. The first-order valence-corrected chi connectivity index (χ1v) is 6.55. The molecular weight excluding hydrogens is 314 g/mol. The van der Waals surface area contributed by atoms with Gasteiger partial charge in [0.15, 0.2) is 0 Å². The molecule has 0 fully saturated rings. The second-order valence-electron chi connectivity index (χ2n) is 4.22. The average Bonchev–Trinajstić information content (AvgIpc) is 2.36. The predicted octanol–water partition coefficient (Wildman–Crippen LogP) is 3.47. The predicted molar refractivity (Wildman–Crippen MR) is 74.3 cm³/mol. The van der Waals surface area contributed by atoms with Crippen LogP contribution in [0.25, 0.3) is 0 Å². The number of rotatable bonds is 4. The van der Waals surface area contributed by atoms with E-state index in [2.05, 4.69) is 21.4 Å². The third-order valence-corrected chi connectivity index (χ3v) is 3.57. The van der Waals surface area contributed by atoms with Crippen LogP contribution in [0, 0.1) is 11.6 Å². The molecule has 0 spiro atoms. The van der Waals surface area contributed by atoms with E-state index in [0.717, 1.165) is 16.1 Å². The summed E-state index contributed by atoms with van der Waals surface area (Å²) < 4.78 is 27.2. The lowest BCUT2D eigenvalue weighted by molar-refractivity contribution is 0.538. The number of hydrogen-bond donors (Lipinski definition) is 2. The SMILES string of the molecule is NNC(Cc1cc(F)cc(F)c1)c1ccccc1Br. The normalized spacial score (nSPS) is 12.4. The van der Waals surface area contributed by atoms with E-state index in [1.165, 1.54) is 12.1 Å². The number of benzene rings is 2. The zero-order valence-corrected chi connectivity index (χ0v) is 11.6. The van der Waals surface area contributed by atoms with E-state index in [4.69, 9.17) is 5.84 Å². The van der Waals surface area contributed by atoms with Crippen LogP contribution in [0.2, 0.25) is 0 Å². The number of nitrogens with two attached hydrogens (primary N) is 1. The highest BCUT2D eigenvalue weighted by Crippen LogP contribution is 2.25. The highest BCUT2D eigenvalue weighted by Gasteiger charge is 2.14. The summed E-state index contributed by atoms with van der Waals surface area (Å²) in [5.41, 5.74) is 4.16. The molecule has 2 aromatic carbocycles. The summed E-state index contributed by atoms with van der Waals surface area (Å²) in [5, 5.41) is 0.